The van der Waals surface area contributed by atoms with Crippen LogP contribution in [0.5, 0.6) is 0 Å². The molecule has 1 fully saturated rings. The van der Waals surface area contributed by atoms with Crippen molar-refractivity contribution in [2.45, 2.75) is 50.1 Å². The molecule has 1 saturated heterocycles. The monoisotopic (exact) mass is 457 g/mol. The van der Waals surface area contributed by atoms with E-state index in [1.807, 2.05) is 17.6 Å². The number of carbonyl (C=O) groups is 1. The van der Waals surface area contributed by atoms with E-state index in [2.05, 4.69) is 5.32 Å². The first kappa shape index (κ1) is 22.5. The fourth-order valence-electron chi connectivity index (χ4n) is 4.28. The van der Waals surface area contributed by atoms with Crippen LogP contribution < -0.4 is 5.32 Å². The van der Waals surface area contributed by atoms with Gasteiger partial charge in [-0.1, -0.05) is 31.5 Å². The van der Waals surface area contributed by atoms with Gasteiger partial charge in [-0.3, -0.25) is 4.79 Å². The molecule has 0 saturated carbocycles. The number of nitrogens with zero attached hydrogens (tertiary/aromatic N) is 2. The molecule has 0 bridgehead atoms. The molecule has 0 spiro atoms. The van der Waals surface area contributed by atoms with E-state index >= 15 is 0 Å². The van der Waals surface area contributed by atoms with Crippen LogP contribution in [0.2, 0.25) is 0 Å². The third-order valence-electron chi connectivity index (χ3n) is 6.08. The van der Waals surface area contributed by atoms with Crippen molar-refractivity contribution in [1.82, 2.24) is 14.2 Å². The van der Waals surface area contributed by atoms with Crippen LogP contribution in [0.1, 0.15) is 44.2 Å². The topological polar surface area (TPSA) is 71.4 Å². The Balaban J connectivity index is 1.55. The van der Waals surface area contributed by atoms with E-state index in [0.717, 1.165) is 30.2 Å². The summed E-state index contributed by atoms with van der Waals surface area (Å²) in [6, 6.07) is 12.8. The molecule has 170 valence electrons. The summed E-state index contributed by atoms with van der Waals surface area (Å²) in [6.45, 7) is 3.14. The molecule has 6 nitrogen and oxygen atoms in total. The predicted molar refractivity (Wildman–Crippen MR) is 122 cm³/mol. The molecule has 2 aromatic carbocycles. The molecule has 1 amide bonds. The molecule has 0 radical (unpaired) electrons. The number of benzene rings is 2. The SMILES string of the molecule is CC[C@@H](C(=O)NCc1ccccc1F)n1ccc2cc(S(=O)(=O)N3CCCCC3)ccc21. The lowest BCUT2D eigenvalue weighted by Gasteiger charge is -2.26. The van der Waals surface area contributed by atoms with Crippen LogP contribution in [0.3, 0.4) is 0 Å². The van der Waals surface area contributed by atoms with Gasteiger partial charge < -0.3 is 9.88 Å². The second kappa shape index (κ2) is 9.42. The van der Waals surface area contributed by atoms with E-state index in [1.54, 1.807) is 46.9 Å². The zero-order valence-corrected chi connectivity index (χ0v) is 18.9. The minimum absolute atomic E-state index is 0.111. The Morgan fingerprint density at radius 1 is 1.09 bits per heavy atom. The van der Waals surface area contributed by atoms with Gasteiger partial charge in [-0.05, 0) is 49.6 Å². The van der Waals surface area contributed by atoms with Crippen molar-refractivity contribution in [3.8, 4) is 0 Å². The quantitative estimate of drug-likeness (QED) is 0.577. The molecule has 3 aromatic rings. The number of nitrogens with one attached hydrogen (secondary N) is 1. The minimum atomic E-state index is -3.52. The van der Waals surface area contributed by atoms with Crippen LogP contribution in [0.25, 0.3) is 10.9 Å². The molecule has 32 heavy (non-hydrogen) atoms. The minimum Gasteiger partial charge on any atom is -0.350 e. The van der Waals surface area contributed by atoms with Crippen molar-refractivity contribution in [3.05, 3.63) is 66.1 Å². The fourth-order valence-corrected chi connectivity index (χ4v) is 5.83. The smallest absolute Gasteiger partial charge is 0.243 e. The average Bonchev–Trinajstić information content (AvgIpc) is 3.23. The highest BCUT2D eigenvalue weighted by molar-refractivity contribution is 7.89. The summed E-state index contributed by atoms with van der Waals surface area (Å²) < 4.78 is 43.3. The van der Waals surface area contributed by atoms with Crippen LogP contribution in [-0.2, 0) is 21.4 Å². The zero-order chi connectivity index (χ0) is 22.7. The van der Waals surface area contributed by atoms with Crippen molar-refractivity contribution in [1.29, 1.82) is 0 Å². The molecule has 1 aliphatic heterocycles. The van der Waals surface area contributed by atoms with Gasteiger partial charge in [0.25, 0.3) is 0 Å². The Morgan fingerprint density at radius 2 is 1.84 bits per heavy atom. The average molecular weight is 458 g/mol. The molecule has 0 unspecified atom stereocenters. The normalized spacial score (nSPS) is 16.2. The zero-order valence-electron chi connectivity index (χ0n) is 18.1. The van der Waals surface area contributed by atoms with E-state index in [-0.39, 0.29) is 23.2 Å². The number of sulfonamides is 1. The van der Waals surface area contributed by atoms with Crippen LogP contribution in [0, 0.1) is 5.82 Å². The molecular weight excluding hydrogens is 429 g/mol. The second-order valence-electron chi connectivity index (χ2n) is 8.14. The predicted octanol–water partition coefficient (Wildman–Crippen LogP) is 4.22. The number of hydrogen-bond acceptors (Lipinski definition) is 3. The molecule has 0 aliphatic carbocycles. The summed E-state index contributed by atoms with van der Waals surface area (Å²) in [5.41, 5.74) is 1.22. The number of hydrogen-bond donors (Lipinski definition) is 1. The maximum Gasteiger partial charge on any atom is 0.243 e. The lowest BCUT2D eigenvalue weighted by atomic mass is 10.1. The van der Waals surface area contributed by atoms with E-state index in [0.29, 0.717) is 25.1 Å². The first-order valence-corrected chi connectivity index (χ1v) is 12.5. The largest absolute Gasteiger partial charge is 0.350 e. The number of aromatic nitrogens is 1. The van der Waals surface area contributed by atoms with Gasteiger partial charge in [0.15, 0.2) is 0 Å². The number of carbonyl (C=O) groups excluding carboxylic acids is 1. The van der Waals surface area contributed by atoms with Gasteiger partial charge in [0.2, 0.25) is 15.9 Å². The van der Waals surface area contributed by atoms with E-state index in [4.69, 9.17) is 0 Å². The molecule has 1 aromatic heterocycles. The Labute approximate surface area is 188 Å². The third-order valence-corrected chi connectivity index (χ3v) is 7.98. The van der Waals surface area contributed by atoms with Gasteiger partial charge >= 0.3 is 0 Å². The van der Waals surface area contributed by atoms with Crippen molar-refractivity contribution in [2.75, 3.05) is 13.1 Å². The third kappa shape index (κ3) is 4.42. The molecule has 8 heteroatoms. The lowest BCUT2D eigenvalue weighted by molar-refractivity contribution is -0.124. The van der Waals surface area contributed by atoms with Crippen LogP contribution in [0.4, 0.5) is 4.39 Å². The number of amides is 1. The highest BCUT2D eigenvalue weighted by Crippen LogP contribution is 2.27. The van der Waals surface area contributed by atoms with Crippen LogP contribution in [0.15, 0.2) is 59.6 Å². The van der Waals surface area contributed by atoms with Gasteiger partial charge in [-0.25, -0.2) is 12.8 Å². The molecule has 1 aliphatic rings. The summed E-state index contributed by atoms with van der Waals surface area (Å²) in [5, 5.41) is 3.59. The second-order valence-corrected chi connectivity index (χ2v) is 10.1. The Kier molecular flexibility index (Phi) is 6.62. The van der Waals surface area contributed by atoms with Crippen molar-refractivity contribution in [3.63, 3.8) is 0 Å². The maximum absolute atomic E-state index is 13.9. The van der Waals surface area contributed by atoms with Gasteiger partial charge in [-0.2, -0.15) is 4.31 Å². The first-order chi connectivity index (χ1) is 15.4. The lowest BCUT2D eigenvalue weighted by Crippen LogP contribution is -2.35. The van der Waals surface area contributed by atoms with Crippen molar-refractivity contribution in [2.24, 2.45) is 0 Å². The summed E-state index contributed by atoms with van der Waals surface area (Å²) in [5.74, 6) is -0.562. The molecule has 1 atom stereocenters. The molecule has 2 heterocycles. The van der Waals surface area contributed by atoms with E-state index < -0.39 is 16.1 Å². The summed E-state index contributed by atoms with van der Waals surface area (Å²) in [4.78, 5) is 13.2. The maximum atomic E-state index is 13.9. The van der Waals surface area contributed by atoms with Gasteiger partial charge in [-0.15, -0.1) is 0 Å². The van der Waals surface area contributed by atoms with Crippen LogP contribution >= 0.6 is 0 Å². The van der Waals surface area contributed by atoms with Crippen molar-refractivity contribution < 1.29 is 17.6 Å². The Hall–Kier alpha value is -2.71. The molecule has 1 N–H and O–H groups in total. The van der Waals surface area contributed by atoms with Crippen molar-refractivity contribution >= 4 is 26.8 Å². The highest BCUT2D eigenvalue weighted by Gasteiger charge is 2.27. The first-order valence-electron chi connectivity index (χ1n) is 11.0. The van der Waals surface area contributed by atoms with E-state index in [9.17, 15) is 17.6 Å². The molecular formula is C24H28FN3O3S. The number of halogens is 1. The van der Waals surface area contributed by atoms with E-state index in [1.165, 1.54) is 6.07 Å². The standard InChI is InChI=1S/C24H28FN3O3S/c1-2-22(24(29)26-17-19-8-4-5-9-21(19)25)28-15-12-18-16-20(10-11-23(18)28)32(30,31)27-13-6-3-7-14-27/h4-5,8-12,15-16,22H,2-3,6-7,13-14,17H2,1H3,(H,26,29)/t22-/m0/s1. The molecule has 4 rings (SSSR count). The number of piperidine rings is 1. The Bertz CT molecular complexity index is 1220. The number of rotatable bonds is 7. The summed E-state index contributed by atoms with van der Waals surface area (Å²) in [6.07, 6.45) is 5.18. The van der Waals surface area contributed by atoms with Crippen LogP contribution in [-0.4, -0.2) is 36.3 Å². The van der Waals surface area contributed by atoms with Gasteiger partial charge in [0.1, 0.15) is 11.9 Å². The highest BCUT2D eigenvalue weighted by atomic mass is 32.2. The summed E-state index contributed by atoms with van der Waals surface area (Å²) in [7, 11) is -3.52. The summed E-state index contributed by atoms with van der Waals surface area (Å²) >= 11 is 0. The fraction of sp³-hybridized carbons (Fsp3) is 0.375. The van der Waals surface area contributed by atoms with Gasteiger partial charge in [0.05, 0.1) is 4.90 Å². The number of fused-ring (bicyclic) bond motifs is 1. The van der Waals surface area contributed by atoms with Gasteiger partial charge in [0, 0.05) is 42.3 Å². The Morgan fingerprint density at radius 3 is 2.56 bits per heavy atom.